The molecule has 4 rings (SSSR count). The minimum atomic E-state index is -0.740. The van der Waals surface area contributed by atoms with E-state index in [-0.39, 0.29) is 31.0 Å². The molecule has 0 aromatic heterocycles. The van der Waals surface area contributed by atoms with Crippen LogP contribution in [0.5, 0.6) is 5.75 Å². The molecule has 0 unspecified atom stereocenters. The third-order valence-electron chi connectivity index (χ3n) is 6.80. The molecular formula is C30H31Cl3N2O3. The minimum Gasteiger partial charge on any atom is -0.484 e. The van der Waals surface area contributed by atoms with E-state index in [4.69, 9.17) is 39.5 Å². The lowest BCUT2D eigenvalue weighted by molar-refractivity contribution is -0.143. The lowest BCUT2D eigenvalue weighted by Gasteiger charge is -2.32. The Morgan fingerprint density at radius 1 is 0.921 bits per heavy atom. The second-order valence-corrected chi connectivity index (χ2v) is 10.9. The molecule has 1 N–H and O–H groups in total. The van der Waals surface area contributed by atoms with Crippen molar-refractivity contribution in [1.29, 1.82) is 0 Å². The van der Waals surface area contributed by atoms with Crippen LogP contribution in [0, 0.1) is 6.92 Å². The molecule has 1 fully saturated rings. The van der Waals surface area contributed by atoms with E-state index in [0.717, 1.165) is 42.4 Å². The number of halogens is 3. The molecule has 0 heterocycles. The topological polar surface area (TPSA) is 58.6 Å². The van der Waals surface area contributed by atoms with Crippen LogP contribution in [-0.2, 0) is 22.6 Å². The number of nitrogens with one attached hydrogen (secondary N) is 1. The first-order chi connectivity index (χ1) is 18.3. The quantitative estimate of drug-likeness (QED) is 0.283. The molecule has 8 heteroatoms. The average Bonchev–Trinajstić information content (AvgIpc) is 3.42. The van der Waals surface area contributed by atoms with Crippen LogP contribution in [-0.4, -0.2) is 35.4 Å². The zero-order valence-electron chi connectivity index (χ0n) is 21.3. The van der Waals surface area contributed by atoms with Gasteiger partial charge in [0.25, 0.3) is 5.91 Å². The van der Waals surface area contributed by atoms with Gasteiger partial charge >= 0.3 is 0 Å². The van der Waals surface area contributed by atoms with Crippen LogP contribution in [0.15, 0.2) is 66.7 Å². The molecule has 3 aromatic rings. The Balaban J connectivity index is 1.63. The molecule has 200 valence electrons. The molecule has 1 atom stereocenters. The molecule has 2 amide bonds. The second-order valence-electron chi connectivity index (χ2n) is 9.67. The normalized spacial score (nSPS) is 14.2. The lowest BCUT2D eigenvalue weighted by atomic mass is 10.0. The molecule has 3 aromatic carbocycles. The molecule has 0 spiro atoms. The van der Waals surface area contributed by atoms with Gasteiger partial charge in [-0.1, -0.05) is 84.0 Å². The molecule has 38 heavy (non-hydrogen) atoms. The van der Waals surface area contributed by atoms with E-state index in [1.165, 1.54) is 0 Å². The maximum atomic E-state index is 13.7. The van der Waals surface area contributed by atoms with Crippen molar-refractivity contribution in [2.24, 2.45) is 0 Å². The van der Waals surface area contributed by atoms with Crippen molar-refractivity contribution in [1.82, 2.24) is 10.2 Å². The van der Waals surface area contributed by atoms with Gasteiger partial charge in [0.1, 0.15) is 11.8 Å². The van der Waals surface area contributed by atoms with E-state index in [0.29, 0.717) is 27.2 Å². The third kappa shape index (κ3) is 7.66. The Morgan fingerprint density at radius 3 is 2.32 bits per heavy atom. The Bertz CT molecular complexity index is 1260. The number of nitrogens with zero attached hydrogens (tertiary/aromatic N) is 1. The highest BCUT2D eigenvalue weighted by Crippen LogP contribution is 2.26. The molecule has 0 aliphatic heterocycles. The summed E-state index contributed by atoms with van der Waals surface area (Å²) in [7, 11) is 0. The number of carbonyl (C=O) groups excluding carboxylic acids is 2. The van der Waals surface area contributed by atoms with Crippen LogP contribution >= 0.6 is 34.8 Å². The van der Waals surface area contributed by atoms with Crippen LogP contribution in [0.1, 0.15) is 42.4 Å². The molecular weight excluding hydrogens is 543 g/mol. The summed E-state index contributed by atoms with van der Waals surface area (Å²) in [4.78, 5) is 29.0. The van der Waals surface area contributed by atoms with E-state index < -0.39 is 6.04 Å². The number of benzene rings is 3. The van der Waals surface area contributed by atoms with Crippen molar-refractivity contribution in [3.63, 3.8) is 0 Å². The number of rotatable bonds is 10. The summed E-state index contributed by atoms with van der Waals surface area (Å²) in [5, 5.41) is 4.63. The standard InChI is InChI=1S/C30H31Cl3N2O3/c1-20-15-24(12-14-25(20)31)38-19-29(36)35(18-22-11-13-26(32)27(33)16-22)28(17-21-7-3-2-4-8-21)30(37)34-23-9-5-6-10-23/h2-4,7-8,11-16,23,28H,5-6,9-10,17-19H2,1H3,(H,34,37)/t28-/m0/s1. The largest absolute Gasteiger partial charge is 0.484 e. The maximum absolute atomic E-state index is 13.7. The first-order valence-electron chi connectivity index (χ1n) is 12.8. The van der Waals surface area contributed by atoms with Gasteiger partial charge in [0, 0.05) is 24.0 Å². The summed E-state index contributed by atoms with van der Waals surface area (Å²) < 4.78 is 5.85. The van der Waals surface area contributed by atoms with Crippen LogP contribution in [0.4, 0.5) is 0 Å². The number of amides is 2. The predicted octanol–water partition coefficient (Wildman–Crippen LogP) is 7.03. The van der Waals surface area contributed by atoms with Gasteiger partial charge in [0.2, 0.25) is 5.91 Å². The zero-order chi connectivity index (χ0) is 27.1. The Morgan fingerprint density at radius 2 is 1.63 bits per heavy atom. The van der Waals surface area contributed by atoms with Gasteiger partial charge < -0.3 is 15.0 Å². The highest BCUT2D eigenvalue weighted by Gasteiger charge is 2.32. The van der Waals surface area contributed by atoms with Crippen molar-refractivity contribution < 1.29 is 14.3 Å². The summed E-state index contributed by atoms with van der Waals surface area (Å²) in [5.41, 5.74) is 2.57. The first kappa shape index (κ1) is 28.3. The Hall–Kier alpha value is -2.73. The Labute approximate surface area is 239 Å². The number of hydrogen-bond donors (Lipinski definition) is 1. The van der Waals surface area contributed by atoms with Gasteiger partial charge in [-0.05, 0) is 66.8 Å². The summed E-state index contributed by atoms with van der Waals surface area (Å²) >= 11 is 18.5. The van der Waals surface area contributed by atoms with Crippen molar-refractivity contribution in [2.75, 3.05) is 6.61 Å². The van der Waals surface area contributed by atoms with Crippen LogP contribution in [0.3, 0.4) is 0 Å². The van der Waals surface area contributed by atoms with E-state index >= 15 is 0 Å². The number of aryl methyl sites for hydroxylation is 1. The molecule has 0 radical (unpaired) electrons. The molecule has 5 nitrogen and oxygen atoms in total. The van der Waals surface area contributed by atoms with Crippen molar-refractivity contribution in [2.45, 2.75) is 57.7 Å². The van der Waals surface area contributed by atoms with Crippen molar-refractivity contribution in [3.05, 3.63) is 98.5 Å². The van der Waals surface area contributed by atoms with Crippen molar-refractivity contribution in [3.8, 4) is 5.75 Å². The fourth-order valence-corrected chi connectivity index (χ4v) is 5.13. The van der Waals surface area contributed by atoms with Crippen LogP contribution in [0.2, 0.25) is 15.1 Å². The molecule has 0 saturated heterocycles. The molecule has 0 bridgehead atoms. The highest BCUT2D eigenvalue weighted by molar-refractivity contribution is 6.42. The molecule has 1 saturated carbocycles. The monoisotopic (exact) mass is 572 g/mol. The molecule has 1 aliphatic rings. The first-order valence-corrected chi connectivity index (χ1v) is 13.9. The zero-order valence-corrected chi connectivity index (χ0v) is 23.5. The van der Waals surface area contributed by atoms with Crippen LogP contribution < -0.4 is 10.1 Å². The second kappa shape index (κ2) is 13.4. The van der Waals surface area contributed by atoms with Gasteiger partial charge in [0.15, 0.2) is 6.61 Å². The van der Waals surface area contributed by atoms with Gasteiger partial charge in [0.05, 0.1) is 10.0 Å². The minimum absolute atomic E-state index is 0.121. The van der Waals surface area contributed by atoms with E-state index in [1.54, 1.807) is 35.2 Å². The van der Waals surface area contributed by atoms with Gasteiger partial charge in [-0.15, -0.1) is 0 Å². The summed E-state index contributed by atoms with van der Waals surface area (Å²) in [6, 6.07) is 19.6. The SMILES string of the molecule is Cc1cc(OCC(=O)N(Cc2ccc(Cl)c(Cl)c2)[C@@H](Cc2ccccc2)C(=O)NC2CCCC2)ccc1Cl. The van der Waals surface area contributed by atoms with Gasteiger partial charge in [-0.25, -0.2) is 0 Å². The number of ether oxygens (including phenoxy) is 1. The lowest BCUT2D eigenvalue weighted by Crippen LogP contribution is -2.53. The fraction of sp³-hybridized carbons (Fsp3) is 0.333. The fourth-order valence-electron chi connectivity index (χ4n) is 4.69. The predicted molar refractivity (Wildman–Crippen MR) is 153 cm³/mol. The van der Waals surface area contributed by atoms with E-state index in [9.17, 15) is 9.59 Å². The van der Waals surface area contributed by atoms with Gasteiger partial charge in [-0.2, -0.15) is 0 Å². The summed E-state index contributed by atoms with van der Waals surface area (Å²) in [6.07, 6.45) is 4.45. The van der Waals surface area contributed by atoms with Crippen molar-refractivity contribution >= 4 is 46.6 Å². The van der Waals surface area contributed by atoms with E-state index in [1.807, 2.05) is 43.3 Å². The third-order valence-corrected chi connectivity index (χ3v) is 7.96. The number of hydrogen-bond acceptors (Lipinski definition) is 3. The summed E-state index contributed by atoms with van der Waals surface area (Å²) in [5.74, 6) is 0.0485. The summed E-state index contributed by atoms with van der Waals surface area (Å²) in [6.45, 7) is 1.82. The Kier molecular flexibility index (Phi) is 9.95. The molecule has 1 aliphatic carbocycles. The number of carbonyl (C=O) groups is 2. The van der Waals surface area contributed by atoms with Crippen LogP contribution in [0.25, 0.3) is 0 Å². The van der Waals surface area contributed by atoms with E-state index in [2.05, 4.69) is 5.32 Å². The average molecular weight is 574 g/mol. The van der Waals surface area contributed by atoms with Gasteiger partial charge in [-0.3, -0.25) is 9.59 Å². The maximum Gasteiger partial charge on any atom is 0.261 e. The smallest absolute Gasteiger partial charge is 0.261 e. The highest BCUT2D eigenvalue weighted by atomic mass is 35.5.